The summed E-state index contributed by atoms with van der Waals surface area (Å²) >= 11 is 0. The second kappa shape index (κ2) is 3.01. The van der Waals surface area contributed by atoms with Crippen LogP contribution in [0, 0.1) is 0 Å². The fourth-order valence-electron chi connectivity index (χ4n) is 2.33. The van der Waals surface area contributed by atoms with Gasteiger partial charge < -0.3 is 9.47 Å². The Morgan fingerprint density at radius 1 is 1.69 bits per heavy atom. The Morgan fingerprint density at radius 3 is 2.92 bits per heavy atom. The van der Waals surface area contributed by atoms with Crippen molar-refractivity contribution in [1.82, 2.24) is 0 Å². The molecule has 0 radical (unpaired) electrons. The average Bonchev–Trinajstić information content (AvgIpc) is 2.62. The molecule has 2 bridgehead atoms. The first-order valence-electron chi connectivity index (χ1n) is 5.01. The van der Waals surface area contributed by atoms with E-state index in [0.29, 0.717) is 12.4 Å². The van der Waals surface area contributed by atoms with Gasteiger partial charge in [-0.25, -0.2) is 0 Å². The molecule has 13 heavy (non-hydrogen) atoms. The zero-order valence-electron chi connectivity index (χ0n) is 8.21. The number of rotatable bonds is 2. The zero-order chi connectivity index (χ0) is 9.47. The fraction of sp³-hybridized carbons (Fsp3) is 0.889. The van der Waals surface area contributed by atoms with E-state index in [1.807, 2.05) is 14.8 Å². The van der Waals surface area contributed by atoms with E-state index in [2.05, 4.69) is 0 Å². The highest BCUT2D eigenvalue weighted by Crippen LogP contribution is 2.43. The molecule has 2 rings (SSSR count). The standard InChI is InChI=1S/C9H15BO3/c1-9(13-8(11)5-10)4-6-2-3-7(9)12-6/h6-7H,2-5,10H2,1H3. The maximum Gasteiger partial charge on any atom is 0.298 e. The van der Waals surface area contributed by atoms with Gasteiger partial charge in [0, 0.05) is 12.7 Å². The second-order valence-electron chi connectivity index (χ2n) is 4.17. The molecule has 2 fully saturated rings. The van der Waals surface area contributed by atoms with Crippen molar-refractivity contribution in [2.45, 2.75) is 50.3 Å². The molecule has 3 atom stereocenters. The van der Waals surface area contributed by atoms with Gasteiger partial charge in [-0.3, -0.25) is 4.79 Å². The lowest BCUT2D eigenvalue weighted by atomic mass is 9.86. The lowest BCUT2D eigenvalue weighted by Crippen LogP contribution is -2.41. The van der Waals surface area contributed by atoms with E-state index in [1.54, 1.807) is 0 Å². The Balaban J connectivity index is 2.01. The van der Waals surface area contributed by atoms with Crippen LogP contribution in [0.4, 0.5) is 0 Å². The summed E-state index contributed by atoms with van der Waals surface area (Å²) in [5, 5.41) is 0. The van der Waals surface area contributed by atoms with Crippen molar-refractivity contribution in [3.05, 3.63) is 0 Å². The van der Waals surface area contributed by atoms with Crippen LogP contribution in [0.5, 0.6) is 0 Å². The monoisotopic (exact) mass is 182 g/mol. The molecule has 2 saturated heterocycles. The van der Waals surface area contributed by atoms with E-state index in [0.717, 1.165) is 19.3 Å². The van der Waals surface area contributed by atoms with Crippen molar-refractivity contribution in [3.63, 3.8) is 0 Å². The molecular formula is C9H15BO3. The van der Waals surface area contributed by atoms with Gasteiger partial charge in [-0.2, -0.15) is 0 Å². The van der Waals surface area contributed by atoms with Crippen LogP contribution in [0.3, 0.4) is 0 Å². The van der Waals surface area contributed by atoms with Crippen molar-refractivity contribution in [3.8, 4) is 0 Å². The molecular weight excluding hydrogens is 167 g/mol. The molecule has 0 spiro atoms. The molecule has 3 nitrogen and oxygen atoms in total. The Morgan fingerprint density at radius 2 is 2.46 bits per heavy atom. The quantitative estimate of drug-likeness (QED) is 0.454. The Kier molecular flexibility index (Phi) is 2.10. The van der Waals surface area contributed by atoms with E-state index in [1.165, 1.54) is 0 Å². The van der Waals surface area contributed by atoms with E-state index in [-0.39, 0.29) is 17.7 Å². The number of fused-ring (bicyclic) bond motifs is 2. The predicted molar refractivity (Wildman–Crippen MR) is 50.4 cm³/mol. The minimum absolute atomic E-state index is 0.112. The van der Waals surface area contributed by atoms with Gasteiger partial charge in [-0.15, -0.1) is 0 Å². The smallest absolute Gasteiger partial charge is 0.298 e. The van der Waals surface area contributed by atoms with Crippen LogP contribution >= 0.6 is 0 Å². The summed E-state index contributed by atoms with van der Waals surface area (Å²) in [6, 6.07) is 0. The molecule has 2 aliphatic heterocycles. The molecule has 72 valence electrons. The van der Waals surface area contributed by atoms with Gasteiger partial charge in [-0.05, 0) is 19.8 Å². The Bertz CT molecular complexity index is 231. The third-order valence-corrected chi connectivity index (χ3v) is 3.06. The fourth-order valence-corrected chi connectivity index (χ4v) is 2.33. The molecule has 0 saturated carbocycles. The van der Waals surface area contributed by atoms with Crippen LogP contribution in [0.1, 0.15) is 26.2 Å². The predicted octanol–water partition coefficient (Wildman–Crippen LogP) is 0.291. The second-order valence-corrected chi connectivity index (χ2v) is 4.17. The van der Waals surface area contributed by atoms with Crippen LogP contribution in [0.15, 0.2) is 0 Å². The number of ether oxygens (including phenoxy) is 2. The molecule has 0 amide bonds. The van der Waals surface area contributed by atoms with Gasteiger partial charge in [0.05, 0.1) is 12.2 Å². The molecule has 0 aromatic carbocycles. The van der Waals surface area contributed by atoms with Crippen LogP contribution in [-0.2, 0) is 14.3 Å². The molecule has 3 unspecified atom stereocenters. The van der Waals surface area contributed by atoms with E-state index in [4.69, 9.17) is 9.47 Å². The first-order valence-corrected chi connectivity index (χ1v) is 5.01. The van der Waals surface area contributed by atoms with Crippen molar-refractivity contribution in [2.24, 2.45) is 0 Å². The van der Waals surface area contributed by atoms with Crippen molar-refractivity contribution in [2.75, 3.05) is 0 Å². The molecule has 2 aliphatic rings. The zero-order valence-corrected chi connectivity index (χ0v) is 8.21. The Hall–Kier alpha value is -0.505. The average molecular weight is 182 g/mol. The maximum atomic E-state index is 11.2. The van der Waals surface area contributed by atoms with Crippen LogP contribution in [0.25, 0.3) is 0 Å². The summed E-state index contributed by atoms with van der Waals surface area (Å²) in [4.78, 5) is 11.2. The lowest BCUT2D eigenvalue weighted by Gasteiger charge is -2.30. The van der Waals surface area contributed by atoms with Crippen LogP contribution in [0.2, 0.25) is 6.32 Å². The largest absolute Gasteiger partial charge is 0.457 e. The number of esters is 1. The summed E-state index contributed by atoms with van der Waals surface area (Å²) in [6.07, 6.45) is 3.98. The van der Waals surface area contributed by atoms with E-state index >= 15 is 0 Å². The lowest BCUT2D eigenvalue weighted by molar-refractivity contribution is -0.160. The first kappa shape index (κ1) is 9.07. The van der Waals surface area contributed by atoms with Crippen molar-refractivity contribution in [1.29, 1.82) is 0 Å². The molecule has 0 aromatic heterocycles. The van der Waals surface area contributed by atoms with E-state index < -0.39 is 0 Å². The van der Waals surface area contributed by atoms with Crippen LogP contribution < -0.4 is 0 Å². The molecule has 4 heteroatoms. The molecule has 0 aromatic rings. The van der Waals surface area contributed by atoms with Gasteiger partial charge in [-0.1, -0.05) is 0 Å². The van der Waals surface area contributed by atoms with E-state index in [9.17, 15) is 4.79 Å². The third kappa shape index (κ3) is 1.48. The first-order chi connectivity index (χ1) is 6.14. The highest BCUT2D eigenvalue weighted by Gasteiger charge is 2.51. The van der Waals surface area contributed by atoms with Crippen LogP contribution in [-0.4, -0.2) is 31.6 Å². The van der Waals surface area contributed by atoms with Gasteiger partial charge in [0.1, 0.15) is 13.4 Å². The topological polar surface area (TPSA) is 35.5 Å². The normalized spacial score (nSPS) is 42.2. The van der Waals surface area contributed by atoms with Crippen molar-refractivity contribution >= 4 is 13.8 Å². The number of hydrogen-bond acceptors (Lipinski definition) is 3. The molecule has 0 aliphatic carbocycles. The van der Waals surface area contributed by atoms with Crippen molar-refractivity contribution < 1.29 is 14.3 Å². The molecule has 0 N–H and O–H groups in total. The summed E-state index contributed by atoms with van der Waals surface area (Å²) in [6.45, 7) is 1.99. The summed E-state index contributed by atoms with van der Waals surface area (Å²) in [5.41, 5.74) is -0.337. The Labute approximate surface area is 79.2 Å². The van der Waals surface area contributed by atoms with Gasteiger partial charge in [0.2, 0.25) is 0 Å². The molecule has 2 heterocycles. The summed E-state index contributed by atoms with van der Waals surface area (Å²) < 4.78 is 11.1. The van der Waals surface area contributed by atoms with Gasteiger partial charge >= 0.3 is 0 Å². The highest BCUT2D eigenvalue weighted by molar-refractivity contribution is 6.18. The highest BCUT2D eigenvalue weighted by atomic mass is 16.6. The summed E-state index contributed by atoms with van der Waals surface area (Å²) in [5.74, 6) is -0.112. The number of carbonyl (C=O) groups excluding carboxylic acids is 1. The maximum absolute atomic E-state index is 11.2. The number of carbonyl (C=O) groups is 1. The summed E-state index contributed by atoms with van der Waals surface area (Å²) in [7, 11) is 1.82. The van der Waals surface area contributed by atoms with Gasteiger partial charge in [0.15, 0.2) is 0 Å². The minimum Gasteiger partial charge on any atom is -0.457 e. The number of hydrogen-bond donors (Lipinski definition) is 0. The minimum atomic E-state index is -0.337. The SMILES string of the molecule is BCC(=O)OC1(C)CC2CCC1O2. The van der Waals surface area contributed by atoms with Gasteiger partial charge in [0.25, 0.3) is 5.97 Å². The third-order valence-electron chi connectivity index (χ3n) is 3.06.